The molecule has 1 aromatic heterocycles. The smallest absolute Gasteiger partial charge is 0.201 e. The Kier molecular flexibility index (Phi) is 4.57. The average Bonchev–Trinajstić information content (AvgIpc) is 3.07. The van der Waals surface area contributed by atoms with Crippen molar-refractivity contribution in [2.24, 2.45) is 7.05 Å². The molecule has 1 heteroatoms. The molecule has 0 spiro atoms. The molecular weight excluding hydrogens is 350 g/mol. The molecule has 1 nitrogen and oxygen atoms in total. The van der Waals surface area contributed by atoms with Crippen molar-refractivity contribution in [2.45, 2.75) is 65.2 Å². The van der Waals surface area contributed by atoms with Gasteiger partial charge in [0.25, 0.3) is 0 Å². The highest BCUT2D eigenvalue weighted by molar-refractivity contribution is 5.85. The largest absolute Gasteiger partial charge is 0.213 e. The summed E-state index contributed by atoms with van der Waals surface area (Å²) in [6, 6.07) is 14.1. The number of pyridine rings is 1. The summed E-state index contributed by atoms with van der Waals surface area (Å²) in [7, 11) is 2.22. The van der Waals surface area contributed by atoms with Gasteiger partial charge in [-0.05, 0) is 79.3 Å². The molecule has 5 rings (SSSR count). The Bertz CT molecular complexity index is 1100. The number of hydrogen-bond donors (Lipinski definition) is 0. The molecule has 0 unspecified atom stereocenters. The third-order valence-corrected chi connectivity index (χ3v) is 7.26. The minimum absolute atomic E-state index is 0.737. The summed E-state index contributed by atoms with van der Waals surface area (Å²) in [5.74, 6) is 0.737. The molecule has 0 bridgehead atoms. The number of fused-ring (bicyclic) bond motifs is 3. The molecule has 3 aromatic rings. The average molecular weight is 383 g/mol. The lowest BCUT2D eigenvalue weighted by molar-refractivity contribution is -0.660. The third kappa shape index (κ3) is 3.12. The molecule has 2 aliphatic carbocycles. The Morgan fingerprint density at radius 1 is 0.828 bits per heavy atom. The molecule has 0 amide bonds. The lowest BCUT2D eigenvalue weighted by atomic mass is 9.82. The zero-order valence-corrected chi connectivity index (χ0v) is 18.3. The Morgan fingerprint density at radius 2 is 1.62 bits per heavy atom. The van der Waals surface area contributed by atoms with Gasteiger partial charge in [0, 0.05) is 11.6 Å². The molecule has 0 radical (unpaired) electrons. The summed E-state index contributed by atoms with van der Waals surface area (Å²) < 4.78 is 2.36. The zero-order valence-electron chi connectivity index (χ0n) is 18.3. The van der Waals surface area contributed by atoms with Gasteiger partial charge in [0.05, 0.1) is 5.56 Å². The first-order chi connectivity index (χ1) is 14.0. The Balaban J connectivity index is 1.68. The number of aryl methyl sites for hydroxylation is 4. The van der Waals surface area contributed by atoms with Crippen LogP contribution in [0.5, 0.6) is 0 Å². The van der Waals surface area contributed by atoms with E-state index in [-0.39, 0.29) is 0 Å². The second kappa shape index (κ2) is 7.13. The van der Waals surface area contributed by atoms with Crippen LogP contribution >= 0.6 is 0 Å². The molecule has 0 N–H and O–H groups in total. The molecule has 2 aromatic carbocycles. The monoisotopic (exact) mass is 382 g/mol. The first-order valence-corrected chi connectivity index (χ1v) is 11.3. The fraction of sp³-hybridized carbons (Fsp3) is 0.393. The van der Waals surface area contributed by atoms with Crippen LogP contribution in [0.4, 0.5) is 0 Å². The predicted octanol–water partition coefficient (Wildman–Crippen LogP) is 6.72. The van der Waals surface area contributed by atoms with Crippen molar-refractivity contribution in [3.63, 3.8) is 0 Å². The first-order valence-electron chi connectivity index (χ1n) is 11.3. The van der Waals surface area contributed by atoms with Gasteiger partial charge in [-0.2, -0.15) is 0 Å². The summed E-state index contributed by atoms with van der Waals surface area (Å²) in [5.41, 5.74) is 14.5. The highest BCUT2D eigenvalue weighted by Gasteiger charge is 2.28. The summed E-state index contributed by atoms with van der Waals surface area (Å²) in [6.45, 7) is 6.78. The standard InChI is InChI=1S/C28H32N/c1-18-10-12-22-15-26-23(25(22)14-18)13-11-19(2)28(26)27-16-24(20(3)17-29(27)4)21-8-6-5-7-9-21/h10-14,16-17,21H,5-9,15H2,1-4H3/q+1. The van der Waals surface area contributed by atoms with Crippen molar-refractivity contribution in [3.8, 4) is 22.4 Å². The van der Waals surface area contributed by atoms with E-state index in [1.165, 1.54) is 82.3 Å². The van der Waals surface area contributed by atoms with Crippen molar-refractivity contribution in [1.29, 1.82) is 0 Å². The van der Waals surface area contributed by atoms with Gasteiger partial charge >= 0.3 is 0 Å². The van der Waals surface area contributed by atoms with E-state index in [0.717, 1.165) is 12.3 Å². The van der Waals surface area contributed by atoms with Gasteiger partial charge in [0.15, 0.2) is 6.20 Å². The Hall–Kier alpha value is -2.41. The summed E-state index contributed by atoms with van der Waals surface area (Å²) >= 11 is 0. The van der Waals surface area contributed by atoms with Crippen molar-refractivity contribution >= 4 is 0 Å². The number of benzene rings is 2. The van der Waals surface area contributed by atoms with E-state index in [4.69, 9.17) is 0 Å². The lowest BCUT2D eigenvalue weighted by Crippen LogP contribution is -2.32. The summed E-state index contributed by atoms with van der Waals surface area (Å²) in [4.78, 5) is 0. The second-order valence-corrected chi connectivity index (χ2v) is 9.36. The van der Waals surface area contributed by atoms with Gasteiger partial charge in [0.1, 0.15) is 7.05 Å². The molecule has 1 heterocycles. The van der Waals surface area contributed by atoms with Crippen LogP contribution in [0.15, 0.2) is 42.6 Å². The molecular formula is C28H32N+. The quantitative estimate of drug-likeness (QED) is 0.339. The topological polar surface area (TPSA) is 3.88 Å². The Morgan fingerprint density at radius 3 is 2.41 bits per heavy atom. The van der Waals surface area contributed by atoms with Crippen LogP contribution in [-0.2, 0) is 13.5 Å². The van der Waals surface area contributed by atoms with E-state index >= 15 is 0 Å². The molecule has 1 fully saturated rings. The van der Waals surface area contributed by atoms with Crippen LogP contribution in [0, 0.1) is 20.8 Å². The molecule has 0 aliphatic heterocycles. The molecule has 1 saturated carbocycles. The molecule has 29 heavy (non-hydrogen) atoms. The van der Waals surface area contributed by atoms with Crippen molar-refractivity contribution in [3.05, 3.63) is 76.0 Å². The second-order valence-electron chi connectivity index (χ2n) is 9.36. The maximum absolute atomic E-state index is 2.53. The van der Waals surface area contributed by atoms with E-state index in [1.54, 1.807) is 5.56 Å². The summed E-state index contributed by atoms with van der Waals surface area (Å²) in [6.07, 6.45) is 10.3. The van der Waals surface area contributed by atoms with E-state index in [9.17, 15) is 0 Å². The van der Waals surface area contributed by atoms with E-state index in [1.807, 2.05) is 0 Å². The fourth-order valence-corrected chi connectivity index (χ4v) is 5.74. The van der Waals surface area contributed by atoms with Gasteiger partial charge in [-0.3, -0.25) is 0 Å². The highest BCUT2D eigenvalue weighted by atomic mass is 14.9. The van der Waals surface area contributed by atoms with Crippen molar-refractivity contribution in [2.75, 3.05) is 0 Å². The number of rotatable bonds is 2. The van der Waals surface area contributed by atoms with E-state index in [0.29, 0.717) is 0 Å². The number of aromatic nitrogens is 1. The first kappa shape index (κ1) is 18.6. The van der Waals surface area contributed by atoms with E-state index < -0.39 is 0 Å². The number of hydrogen-bond acceptors (Lipinski definition) is 0. The van der Waals surface area contributed by atoms with Crippen LogP contribution in [-0.4, -0.2) is 0 Å². The van der Waals surface area contributed by atoms with Crippen LogP contribution in [0.1, 0.15) is 71.4 Å². The van der Waals surface area contributed by atoms with Gasteiger partial charge in [0.2, 0.25) is 5.69 Å². The van der Waals surface area contributed by atoms with Gasteiger partial charge < -0.3 is 0 Å². The normalized spacial score (nSPS) is 16.0. The van der Waals surface area contributed by atoms with E-state index in [2.05, 4.69) is 75.0 Å². The lowest BCUT2D eigenvalue weighted by Gasteiger charge is -2.23. The minimum atomic E-state index is 0.737. The highest BCUT2D eigenvalue weighted by Crippen LogP contribution is 2.43. The van der Waals surface area contributed by atoms with Crippen LogP contribution in [0.2, 0.25) is 0 Å². The molecule has 148 valence electrons. The zero-order chi connectivity index (χ0) is 20.1. The molecule has 0 atom stereocenters. The fourth-order valence-electron chi connectivity index (χ4n) is 5.74. The van der Waals surface area contributed by atoms with Gasteiger partial charge in [-0.1, -0.05) is 55.2 Å². The van der Waals surface area contributed by atoms with Crippen molar-refractivity contribution < 1.29 is 4.57 Å². The van der Waals surface area contributed by atoms with Gasteiger partial charge in [-0.25, -0.2) is 4.57 Å². The molecule has 0 saturated heterocycles. The SMILES string of the molecule is Cc1ccc2c(c1)-c1ccc(C)c(-c3cc(C4CCCCC4)c(C)c[n+]3C)c1C2. The van der Waals surface area contributed by atoms with Crippen molar-refractivity contribution in [1.82, 2.24) is 0 Å². The minimum Gasteiger partial charge on any atom is -0.201 e. The van der Waals surface area contributed by atoms with Crippen LogP contribution < -0.4 is 4.57 Å². The Labute approximate surface area is 175 Å². The predicted molar refractivity (Wildman–Crippen MR) is 121 cm³/mol. The maximum Gasteiger partial charge on any atom is 0.213 e. The van der Waals surface area contributed by atoms with Crippen LogP contribution in [0.3, 0.4) is 0 Å². The maximum atomic E-state index is 2.53. The number of nitrogens with zero attached hydrogens (tertiary/aromatic N) is 1. The molecule has 2 aliphatic rings. The third-order valence-electron chi connectivity index (χ3n) is 7.26. The van der Waals surface area contributed by atoms with Gasteiger partial charge in [-0.15, -0.1) is 0 Å². The summed E-state index contributed by atoms with van der Waals surface area (Å²) in [5, 5.41) is 0. The van der Waals surface area contributed by atoms with Crippen LogP contribution in [0.25, 0.3) is 22.4 Å².